The molecule has 92 valence electrons. The molecule has 0 bridgehead atoms. The first-order valence-corrected chi connectivity index (χ1v) is 6.74. The Hall–Kier alpha value is -1.02. The Bertz CT molecular complexity index is 411. The van der Waals surface area contributed by atoms with Gasteiger partial charge in [-0.25, -0.2) is 0 Å². The molecule has 3 rings (SSSR count). The number of methoxy groups -OCH3 is 1. The number of benzene rings is 1. The third-order valence-corrected chi connectivity index (χ3v) is 4.24. The molecule has 0 amide bonds. The van der Waals surface area contributed by atoms with Crippen molar-refractivity contribution in [3.8, 4) is 5.75 Å². The van der Waals surface area contributed by atoms with Gasteiger partial charge in [-0.3, -0.25) is 0 Å². The van der Waals surface area contributed by atoms with Crippen LogP contribution >= 0.6 is 0 Å². The van der Waals surface area contributed by atoms with Crippen LogP contribution in [0.3, 0.4) is 0 Å². The van der Waals surface area contributed by atoms with E-state index in [2.05, 4.69) is 30.4 Å². The van der Waals surface area contributed by atoms with E-state index in [4.69, 9.17) is 4.74 Å². The van der Waals surface area contributed by atoms with Crippen molar-refractivity contribution in [1.82, 2.24) is 5.32 Å². The molecule has 1 aromatic carbocycles. The van der Waals surface area contributed by atoms with Crippen LogP contribution in [0.5, 0.6) is 5.75 Å². The number of rotatable bonds is 3. The third-order valence-electron chi connectivity index (χ3n) is 4.24. The highest BCUT2D eigenvalue weighted by Gasteiger charge is 2.37. The third kappa shape index (κ3) is 1.95. The summed E-state index contributed by atoms with van der Waals surface area (Å²) in [4.78, 5) is 0. The molecule has 1 heterocycles. The Labute approximate surface area is 103 Å². The van der Waals surface area contributed by atoms with Gasteiger partial charge in [0.15, 0.2) is 0 Å². The summed E-state index contributed by atoms with van der Waals surface area (Å²) >= 11 is 0. The average Bonchev–Trinajstić information content (AvgIpc) is 3.21. The lowest BCUT2D eigenvalue weighted by atomic mass is 9.83. The molecule has 2 atom stereocenters. The molecule has 1 N–H and O–H groups in total. The van der Waals surface area contributed by atoms with Gasteiger partial charge in [0.05, 0.1) is 7.11 Å². The maximum Gasteiger partial charge on any atom is 0.119 e. The summed E-state index contributed by atoms with van der Waals surface area (Å²) in [6, 6.07) is 7.20. The van der Waals surface area contributed by atoms with Crippen molar-refractivity contribution in [2.24, 2.45) is 5.92 Å². The van der Waals surface area contributed by atoms with Gasteiger partial charge in [-0.05, 0) is 54.4 Å². The van der Waals surface area contributed by atoms with Crippen molar-refractivity contribution in [3.63, 3.8) is 0 Å². The Kier molecular flexibility index (Phi) is 2.83. The highest BCUT2D eigenvalue weighted by molar-refractivity contribution is 5.42. The molecular formula is C15H21NO. The lowest BCUT2D eigenvalue weighted by molar-refractivity contribution is 0.396. The zero-order chi connectivity index (χ0) is 11.8. The lowest BCUT2D eigenvalue weighted by Gasteiger charge is -2.33. The van der Waals surface area contributed by atoms with Crippen LogP contribution in [0.2, 0.25) is 0 Å². The van der Waals surface area contributed by atoms with Crippen LogP contribution in [0.1, 0.15) is 49.3 Å². The Morgan fingerprint density at radius 3 is 2.76 bits per heavy atom. The van der Waals surface area contributed by atoms with Crippen molar-refractivity contribution < 1.29 is 4.74 Å². The molecule has 1 saturated carbocycles. The number of fused-ring (bicyclic) bond motifs is 1. The molecule has 2 heteroatoms. The predicted molar refractivity (Wildman–Crippen MR) is 69.5 cm³/mol. The molecule has 0 spiro atoms. The average molecular weight is 231 g/mol. The van der Waals surface area contributed by atoms with E-state index < -0.39 is 0 Å². The number of hydrogen-bond donors (Lipinski definition) is 1. The Morgan fingerprint density at radius 1 is 1.29 bits per heavy atom. The fraction of sp³-hybridized carbons (Fsp3) is 0.600. The number of ether oxygens (including phenoxy) is 1. The van der Waals surface area contributed by atoms with E-state index in [1.807, 2.05) is 0 Å². The summed E-state index contributed by atoms with van der Waals surface area (Å²) in [5.74, 6) is 2.53. The van der Waals surface area contributed by atoms with Crippen molar-refractivity contribution in [3.05, 3.63) is 29.3 Å². The van der Waals surface area contributed by atoms with Gasteiger partial charge in [-0.15, -0.1) is 0 Å². The SMILES string of the molecule is CCC1CNC(C2CC2)c2cc(OC)ccc21. The summed E-state index contributed by atoms with van der Waals surface area (Å²) in [6.07, 6.45) is 3.97. The molecule has 2 aliphatic rings. The van der Waals surface area contributed by atoms with Gasteiger partial charge in [-0.2, -0.15) is 0 Å². The van der Waals surface area contributed by atoms with Crippen LogP contribution in [0.15, 0.2) is 18.2 Å². The van der Waals surface area contributed by atoms with Crippen LogP contribution < -0.4 is 10.1 Å². The standard InChI is InChI=1S/C15H21NO/c1-3-10-9-16-15(11-4-5-11)14-8-12(17-2)6-7-13(10)14/h6-8,10-11,15-16H,3-5,9H2,1-2H3. The summed E-state index contributed by atoms with van der Waals surface area (Å²) in [6.45, 7) is 3.41. The van der Waals surface area contributed by atoms with Gasteiger partial charge in [0.1, 0.15) is 5.75 Å². The highest BCUT2D eigenvalue weighted by atomic mass is 16.5. The predicted octanol–water partition coefficient (Wildman–Crippen LogP) is 3.24. The summed E-state index contributed by atoms with van der Waals surface area (Å²) in [5, 5.41) is 3.73. The summed E-state index contributed by atoms with van der Waals surface area (Å²) in [7, 11) is 1.75. The molecule has 0 aromatic heterocycles. The minimum Gasteiger partial charge on any atom is -0.497 e. The molecule has 0 radical (unpaired) electrons. The smallest absolute Gasteiger partial charge is 0.119 e. The minimum atomic E-state index is 0.572. The van der Waals surface area contributed by atoms with Crippen LogP contribution in [-0.2, 0) is 0 Å². The van der Waals surface area contributed by atoms with Crippen molar-refractivity contribution in [2.45, 2.75) is 38.1 Å². The number of hydrogen-bond acceptors (Lipinski definition) is 2. The molecule has 2 nitrogen and oxygen atoms in total. The summed E-state index contributed by atoms with van der Waals surface area (Å²) in [5.41, 5.74) is 3.04. The van der Waals surface area contributed by atoms with Crippen LogP contribution in [-0.4, -0.2) is 13.7 Å². The minimum absolute atomic E-state index is 0.572. The van der Waals surface area contributed by atoms with Crippen LogP contribution in [0.25, 0.3) is 0 Å². The van der Waals surface area contributed by atoms with E-state index in [0.717, 1.165) is 18.2 Å². The second kappa shape index (κ2) is 4.34. The Balaban J connectivity index is 2.01. The zero-order valence-electron chi connectivity index (χ0n) is 10.7. The zero-order valence-corrected chi connectivity index (χ0v) is 10.7. The van der Waals surface area contributed by atoms with Gasteiger partial charge in [0.25, 0.3) is 0 Å². The van der Waals surface area contributed by atoms with Crippen LogP contribution in [0.4, 0.5) is 0 Å². The molecule has 1 aromatic rings. The molecular weight excluding hydrogens is 210 g/mol. The van der Waals surface area contributed by atoms with Crippen LogP contribution in [0, 0.1) is 5.92 Å². The van der Waals surface area contributed by atoms with Gasteiger partial charge in [0, 0.05) is 12.6 Å². The monoisotopic (exact) mass is 231 g/mol. The fourth-order valence-electron chi connectivity index (χ4n) is 3.02. The first-order chi connectivity index (χ1) is 8.33. The van der Waals surface area contributed by atoms with E-state index in [1.165, 1.54) is 24.8 Å². The maximum absolute atomic E-state index is 5.37. The van der Waals surface area contributed by atoms with E-state index in [0.29, 0.717) is 12.0 Å². The van der Waals surface area contributed by atoms with Gasteiger partial charge < -0.3 is 10.1 Å². The quantitative estimate of drug-likeness (QED) is 0.862. The van der Waals surface area contributed by atoms with Crippen molar-refractivity contribution >= 4 is 0 Å². The second-order valence-electron chi connectivity index (χ2n) is 5.32. The maximum atomic E-state index is 5.37. The van der Waals surface area contributed by atoms with E-state index in [1.54, 1.807) is 12.7 Å². The Morgan fingerprint density at radius 2 is 2.12 bits per heavy atom. The molecule has 17 heavy (non-hydrogen) atoms. The topological polar surface area (TPSA) is 21.3 Å². The van der Waals surface area contributed by atoms with E-state index in [9.17, 15) is 0 Å². The van der Waals surface area contributed by atoms with E-state index in [-0.39, 0.29) is 0 Å². The molecule has 2 unspecified atom stereocenters. The van der Waals surface area contributed by atoms with Gasteiger partial charge in [-0.1, -0.05) is 13.0 Å². The van der Waals surface area contributed by atoms with Crippen molar-refractivity contribution in [1.29, 1.82) is 0 Å². The van der Waals surface area contributed by atoms with Gasteiger partial charge >= 0.3 is 0 Å². The normalized spacial score (nSPS) is 27.6. The first kappa shape index (κ1) is 11.1. The first-order valence-electron chi connectivity index (χ1n) is 6.74. The van der Waals surface area contributed by atoms with Gasteiger partial charge in [0.2, 0.25) is 0 Å². The molecule has 1 aliphatic heterocycles. The number of nitrogens with one attached hydrogen (secondary N) is 1. The highest BCUT2D eigenvalue weighted by Crippen LogP contribution is 2.46. The van der Waals surface area contributed by atoms with E-state index >= 15 is 0 Å². The second-order valence-corrected chi connectivity index (χ2v) is 5.32. The molecule has 1 aliphatic carbocycles. The summed E-state index contributed by atoms with van der Waals surface area (Å²) < 4.78 is 5.37. The largest absolute Gasteiger partial charge is 0.497 e. The lowest BCUT2D eigenvalue weighted by Crippen LogP contribution is -2.34. The molecule has 0 saturated heterocycles. The fourth-order valence-corrected chi connectivity index (χ4v) is 3.02. The van der Waals surface area contributed by atoms with Crippen molar-refractivity contribution in [2.75, 3.05) is 13.7 Å². The molecule has 1 fully saturated rings.